The van der Waals surface area contributed by atoms with Crippen LogP contribution in [-0.4, -0.2) is 22.5 Å². The Labute approximate surface area is 93.9 Å². The molecule has 1 aliphatic rings. The molecular weight excluding hydrogens is 206 g/mol. The van der Waals surface area contributed by atoms with Crippen molar-refractivity contribution >= 4 is 17.6 Å². The third kappa shape index (κ3) is 2.87. The van der Waals surface area contributed by atoms with Crippen molar-refractivity contribution in [3.63, 3.8) is 0 Å². The Kier molecular flexibility index (Phi) is 3.46. The van der Waals surface area contributed by atoms with Crippen molar-refractivity contribution in [2.75, 3.05) is 16.8 Å². The van der Waals surface area contributed by atoms with E-state index in [0.29, 0.717) is 11.7 Å². The molecule has 0 saturated carbocycles. The van der Waals surface area contributed by atoms with E-state index in [4.69, 9.17) is 5.26 Å². The van der Waals surface area contributed by atoms with Crippen LogP contribution in [0.5, 0.6) is 0 Å². The molecule has 0 aliphatic carbocycles. The minimum Gasteiger partial charge on any atom is -0.367 e. The van der Waals surface area contributed by atoms with Crippen LogP contribution in [0.4, 0.5) is 5.82 Å². The molecule has 1 N–H and O–H groups in total. The Morgan fingerprint density at radius 2 is 2.20 bits per heavy atom. The number of pyridine rings is 1. The lowest BCUT2D eigenvalue weighted by Gasteiger charge is -2.22. The fourth-order valence-electron chi connectivity index (χ4n) is 1.63. The van der Waals surface area contributed by atoms with E-state index in [1.54, 1.807) is 6.07 Å². The summed E-state index contributed by atoms with van der Waals surface area (Å²) in [6.07, 6.45) is 2.37. The smallest absolute Gasteiger partial charge is 0.142 e. The van der Waals surface area contributed by atoms with E-state index in [2.05, 4.69) is 10.3 Å². The first-order valence-corrected chi connectivity index (χ1v) is 6.25. The maximum Gasteiger partial charge on any atom is 0.142 e. The molecule has 1 fully saturated rings. The lowest BCUT2D eigenvalue weighted by atomic mass is 10.1. The molecule has 0 radical (unpaired) electrons. The molecule has 0 atom stereocenters. The van der Waals surface area contributed by atoms with Crippen LogP contribution < -0.4 is 5.32 Å². The zero-order valence-corrected chi connectivity index (χ0v) is 9.26. The largest absolute Gasteiger partial charge is 0.367 e. The van der Waals surface area contributed by atoms with Crippen molar-refractivity contribution in [1.29, 1.82) is 5.26 Å². The van der Waals surface area contributed by atoms with Gasteiger partial charge in [0.05, 0.1) is 0 Å². The van der Waals surface area contributed by atoms with Crippen molar-refractivity contribution in [3.05, 3.63) is 23.9 Å². The Hall–Kier alpha value is -1.21. The molecule has 1 saturated heterocycles. The van der Waals surface area contributed by atoms with E-state index in [-0.39, 0.29) is 0 Å². The molecule has 1 aromatic heterocycles. The van der Waals surface area contributed by atoms with Gasteiger partial charge in [-0.3, -0.25) is 0 Å². The Bertz CT molecular complexity index is 366. The number of hydrogen-bond donors (Lipinski definition) is 1. The van der Waals surface area contributed by atoms with Gasteiger partial charge in [-0.2, -0.15) is 17.0 Å². The van der Waals surface area contributed by atoms with Crippen LogP contribution in [0.2, 0.25) is 0 Å². The molecular formula is C11H13N3S. The molecule has 78 valence electrons. The first kappa shape index (κ1) is 10.3. The molecule has 0 bridgehead atoms. The topological polar surface area (TPSA) is 48.7 Å². The summed E-state index contributed by atoms with van der Waals surface area (Å²) in [7, 11) is 0. The number of anilines is 1. The van der Waals surface area contributed by atoms with Crippen LogP contribution in [-0.2, 0) is 0 Å². The highest BCUT2D eigenvalue weighted by Gasteiger charge is 2.13. The second-order valence-electron chi connectivity index (χ2n) is 3.55. The number of rotatable bonds is 2. The summed E-state index contributed by atoms with van der Waals surface area (Å²) in [6, 6.07) is 8.08. The SMILES string of the molecule is N#Cc1cccc(NC2CCSCC2)n1. The molecule has 1 aromatic rings. The third-order valence-corrected chi connectivity index (χ3v) is 3.49. The molecule has 1 aliphatic heterocycles. The Balaban J connectivity index is 2.00. The van der Waals surface area contributed by atoms with Crippen molar-refractivity contribution in [1.82, 2.24) is 4.98 Å². The van der Waals surface area contributed by atoms with E-state index >= 15 is 0 Å². The van der Waals surface area contributed by atoms with Gasteiger partial charge in [0.2, 0.25) is 0 Å². The standard InChI is InChI=1S/C11H13N3S/c12-8-10-2-1-3-11(14-10)13-9-4-6-15-7-5-9/h1-3,9H,4-7H2,(H,13,14). The molecule has 0 unspecified atom stereocenters. The molecule has 15 heavy (non-hydrogen) atoms. The van der Waals surface area contributed by atoms with Crippen LogP contribution in [0.25, 0.3) is 0 Å². The van der Waals surface area contributed by atoms with Crippen molar-refractivity contribution in [2.24, 2.45) is 0 Å². The maximum absolute atomic E-state index is 8.72. The Morgan fingerprint density at radius 1 is 1.40 bits per heavy atom. The Morgan fingerprint density at radius 3 is 2.93 bits per heavy atom. The number of nitrogens with one attached hydrogen (secondary N) is 1. The average molecular weight is 219 g/mol. The summed E-state index contributed by atoms with van der Waals surface area (Å²) in [5.41, 5.74) is 0.477. The van der Waals surface area contributed by atoms with Crippen molar-refractivity contribution in [2.45, 2.75) is 18.9 Å². The lowest BCUT2D eigenvalue weighted by Crippen LogP contribution is -2.24. The van der Waals surface area contributed by atoms with Gasteiger partial charge in [-0.15, -0.1) is 0 Å². The monoisotopic (exact) mass is 219 g/mol. The summed E-state index contributed by atoms with van der Waals surface area (Å²) < 4.78 is 0. The zero-order chi connectivity index (χ0) is 10.5. The number of thioether (sulfide) groups is 1. The van der Waals surface area contributed by atoms with Gasteiger partial charge in [-0.05, 0) is 36.5 Å². The van der Waals surface area contributed by atoms with Crippen molar-refractivity contribution < 1.29 is 0 Å². The highest BCUT2D eigenvalue weighted by atomic mass is 32.2. The van der Waals surface area contributed by atoms with Gasteiger partial charge in [0.1, 0.15) is 17.6 Å². The average Bonchev–Trinajstić information content (AvgIpc) is 2.31. The van der Waals surface area contributed by atoms with Gasteiger partial charge in [-0.25, -0.2) is 4.98 Å². The molecule has 3 nitrogen and oxygen atoms in total. The summed E-state index contributed by atoms with van der Waals surface area (Å²) in [4.78, 5) is 4.21. The predicted molar refractivity (Wildman–Crippen MR) is 62.9 cm³/mol. The van der Waals surface area contributed by atoms with E-state index in [1.165, 1.54) is 24.3 Å². The minimum atomic E-state index is 0.477. The van der Waals surface area contributed by atoms with Gasteiger partial charge in [-0.1, -0.05) is 6.07 Å². The van der Waals surface area contributed by atoms with Crippen LogP contribution in [0.3, 0.4) is 0 Å². The van der Waals surface area contributed by atoms with Gasteiger partial charge >= 0.3 is 0 Å². The highest BCUT2D eigenvalue weighted by Crippen LogP contribution is 2.20. The summed E-state index contributed by atoms with van der Waals surface area (Å²) >= 11 is 2.00. The van der Waals surface area contributed by atoms with E-state index in [1.807, 2.05) is 30.0 Å². The summed E-state index contributed by atoms with van der Waals surface area (Å²) in [6.45, 7) is 0. The second-order valence-corrected chi connectivity index (χ2v) is 4.78. The van der Waals surface area contributed by atoms with Gasteiger partial charge in [0.25, 0.3) is 0 Å². The fourth-order valence-corrected chi connectivity index (χ4v) is 2.73. The molecule has 0 aromatic carbocycles. The van der Waals surface area contributed by atoms with Gasteiger partial charge < -0.3 is 5.32 Å². The molecule has 4 heteroatoms. The number of nitrogens with zero attached hydrogens (tertiary/aromatic N) is 2. The van der Waals surface area contributed by atoms with Crippen molar-refractivity contribution in [3.8, 4) is 6.07 Å². The number of hydrogen-bond acceptors (Lipinski definition) is 4. The predicted octanol–water partition coefficient (Wildman–Crippen LogP) is 2.26. The second kappa shape index (κ2) is 5.04. The fraction of sp³-hybridized carbons (Fsp3) is 0.455. The normalized spacial score (nSPS) is 17.0. The van der Waals surface area contributed by atoms with Crippen LogP contribution in [0, 0.1) is 11.3 Å². The number of nitriles is 1. The summed E-state index contributed by atoms with van der Waals surface area (Å²) in [5, 5.41) is 12.1. The summed E-state index contributed by atoms with van der Waals surface area (Å²) in [5.74, 6) is 3.26. The quantitative estimate of drug-likeness (QED) is 0.829. The highest BCUT2D eigenvalue weighted by molar-refractivity contribution is 7.99. The van der Waals surface area contributed by atoms with E-state index < -0.39 is 0 Å². The lowest BCUT2D eigenvalue weighted by molar-refractivity contribution is 0.663. The van der Waals surface area contributed by atoms with Gasteiger partial charge in [0.15, 0.2) is 0 Å². The van der Waals surface area contributed by atoms with E-state index in [0.717, 1.165) is 5.82 Å². The zero-order valence-electron chi connectivity index (χ0n) is 8.44. The minimum absolute atomic E-state index is 0.477. The number of aromatic nitrogens is 1. The van der Waals surface area contributed by atoms with Gasteiger partial charge in [0, 0.05) is 6.04 Å². The van der Waals surface area contributed by atoms with Crippen LogP contribution in [0.1, 0.15) is 18.5 Å². The van der Waals surface area contributed by atoms with E-state index in [9.17, 15) is 0 Å². The maximum atomic E-state index is 8.72. The molecule has 2 rings (SSSR count). The first-order valence-electron chi connectivity index (χ1n) is 5.10. The molecule has 0 amide bonds. The molecule has 0 spiro atoms. The van der Waals surface area contributed by atoms with Crippen LogP contribution in [0.15, 0.2) is 18.2 Å². The van der Waals surface area contributed by atoms with Crippen LogP contribution >= 0.6 is 11.8 Å². The first-order chi connectivity index (χ1) is 7.38. The third-order valence-electron chi connectivity index (χ3n) is 2.44. The molecule has 2 heterocycles.